The number of hydrogen-bond donors (Lipinski definition) is 0. The van der Waals surface area contributed by atoms with Gasteiger partial charge in [0.1, 0.15) is 11.2 Å². The van der Waals surface area contributed by atoms with Gasteiger partial charge in [-0.3, -0.25) is 0 Å². The van der Waals surface area contributed by atoms with E-state index in [1.165, 1.54) is 21.9 Å². The molecule has 3 heteroatoms. The first-order chi connectivity index (χ1) is 25.3. The fourth-order valence-corrected chi connectivity index (χ4v) is 7.96. The minimum atomic E-state index is 0.895. The molecule has 3 aromatic heterocycles. The Morgan fingerprint density at radius 2 is 1.06 bits per heavy atom. The Bertz CT molecular complexity index is 3180. The van der Waals surface area contributed by atoms with Crippen molar-refractivity contribution in [1.82, 2.24) is 9.97 Å². The van der Waals surface area contributed by atoms with E-state index in [4.69, 9.17) is 14.4 Å². The van der Waals surface area contributed by atoms with Crippen molar-refractivity contribution in [3.63, 3.8) is 0 Å². The Hall–Kier alpha value is -6.84. The lowest BCUT2D eigenvalue weighted by Gasteiger charge is -2.13. The SMILES string of the molecule is c1ccc(-c2nc3cc(-c4ccc(-c5cc6cc7ccccc7nc6c6ccccc56)cc4)ccc3c3c2ccc2c4ccccc4oc23)cc1. The lowest BCUT2D eigenvalue weighted by atomic mass is 9.93. The average molecular weight is 649 g/mol. The lowest BCUT2D eigenvalue weighted by Crippen LogP contribution is -1.91. The van der Waals surface area contributed by atoms with Gasteiger partial charge in [0.15, 0.2) is 0 Å². The van der Waals surface area contributed by atoms with Crippen molar-refractivity contribution in [2.75, 3.05) is 0 Å². The summed E-state index contributed by atoms with van der Waals surface area (Å²) in [7, 11) is 0. The second-order valence-corrected chi connectivity index (χ2v) is 13.3. The van der Waals surface area contributed by atoms with Crippen LogP contribution in [0.15, 0.2) is 174 Å². The Morgan fingerprint density at radius 1 is 0.373 bits per heavy atom. The predicted octanol–water partition coefficient (Wildman–Crippen LogP) is 13.1. The van der Waals surface area contributed by atoms with Crippen LogP contribution in [0, 0.1) is 0 Å². The van der Waals surface area contributed by atoms with E-state index in [9.17, 15) is 0 Å². The van der Waals surface area contributed by atoms with Crippen LogP contribution in [0.2, 0.25) is 0 Å². The molecule has 51 heavy (non-hydrogen) atoms. The van der Waals surface area contributed by atoms with Crippen LogP contribution in [0.25, 0.3) is 110 Å². The van der Waals surface area contributed by atoms with Crippen LogP contribution in [0.4, 0.5) is 0 Å². The summed E-state index contributed by atoms with van der Waals surface area (Å²) in [6, 6.07) is 60.2. The molecule has 0 atom stereocenters. The van der Waals surface area contributed by atoms with Gasteiger partial charge in [-0.05, 0) is 64.0 Å². The Labute approximate surface area is 293 Å². The zero-order valence-electron chi connectivity index (χ0n) is 27.5. The number of hydrogen-bond acceptors (Lipinski definition) is 3. The van der Waals surface area contributed by atoms with E-state index in [2.05, 4.69) is 152 Å². The van der Waals surface area contributed by atoms with E-state index in [1.54, 1.807) is 0 Å². The van der Waals surface area contributed by atoms with Gasteiger partial charge in [-0.1, -0.05) is 133 Å². The Balaban J connectivity index is 1.08. The number of pyridine rings is 2. The number of rotatable bonds is 3. The quantitative estimate of drug-likeness (QED) is 0.141. The lowest BCUT2D eigenvalue weighted by molar-refractivity contribution is 0.673. The number of para-hydroxylation sites is 2. The van der Waals surface area contributed by atoms with Crippen LogP contribution in [-0.2, 0) is 0 Å². The van der Waals surface area contributed by atoms with Crippen molar-refractivity contribution in [2.24, 2.45) is 0 Å². The third-order valence-electron chi connectivity index (χ3n) is 10.4. The number of benzene rings is 8. The molecule has 0 saturated carbocycles. The topological polar surface area (TPSA) is 38.9 Å². The largest absolute Gasteiger partial charge is 0.455 e. The zero-order chi connectivity index (χ0) is 33.5. The van der Waals surface area contributed by atoms with E-state index in [1.807, 2.05) is 18.2 Å². The molecule has 3 heterocycles. The fraction of sp³-hybridized carbons (Fsp3) is 0. The Kier molecular flexibility index (Phi) is 5.96. The van der Waals surface area contributed by atoms with Crippen LogP contribution in [0.1, 0.15) is 0 Å². The minimum absolute atomic E-state index is 0.895. The van der Waals surface area contributed by atoms with Gasteiger partial charge in [0.05, 0.1) is 22.2 Å². The molecule has 0 aliphatic rings. The number of fused-ring (bicyclic) bond motifs is 11. The maximum atomic E-state index is 6.58. The molecule has 0 amide bonds. The van der Waals surface area contributed by atoms with Gasteiger partial charge in [-0.25, -0.2) is 9.97 Å². The van der Waals surface area contributed by atoms with E-state index in [0.717, 1.165) is 87.8 Å². The normalized spacial score (nSPS) is 11.9. The highest BCUT2D eigenvalue weighted by atomic mass is 16.3. The van der Waals surface area contributed by atoms with E-state index >= 15 is 0 Å². The molecule has 0 radical (unpaired) electrons. The molecule has 3 nitrogen and oxygen atoms in total. The molecule has 0 unspecified atom stereocenters. The predicted molar refractivity (Wildman–Crippen MR) is 213 cm³/mol. The molecule has 236 valence electrons. The van der Waals surface area contributed by atoms with Crippen LogP contribution < -0.4 is 0 Å². The summed E-state index contributed by atoms with van der Waals surface area (Å²) in [4.78, 5) is 10.4. The molecule has 0 spiro atoms. The number of nitrogens with zero attached hydrogens (tertiary/aromatic N) is 2. The highest BCUT2D eigenvalue weighted by Crippen LogP contribution is 2.42. The summed E-state index contributed by atoms with van der Waals surface area (Å²) in [5, 5.41) is 10.2. The second-order valence-electron chi connectivity index (χ2n) is 13.3. The summed E-state index contributed by atoms with van der Waals surface area (Å²) in [6.45, 7) is 0. The van der Waals surface area contributed by atoms with Crippen LogP contribution in [0.3, 0.4) is 0 Å². The summed E-state index contributed by atoms with van der Waals surface area (Å²) in [5.41, 5.74) is 11.5. The van der Waals surface area contributed by atoms with Crippen molar-refractivity contribution < 1.29 is 4.42 Å². The maximum absolute atomic E-state index is 6.58. The number of furan rings is 1. The van der Waals surface area contributed by atoms with Crippen molar-refractivity contribution in [2.45, 2.75) is 0 Å². The standard InChI is InChI=1S/C48H28N2O/c1-2-10-31(11-3-1)46-40-25-24-38-36-14-7-9-17-44(36)51-48(38)45(40)39-23-22-32(28-43(39)50-46)29-18-20-30(21-19-29)41-27-34-26-33-12-4-8-16-42(33)49-47(34)37-15-6-5-13-35(37)41/h1-28H. The van der Waals surface area contributed by atoms with Crippen molar-refractivity contribution in [3.05, 3.63) is 170 Å². The molecule has 11 aromatic rings. The van der Waals surface area contributed by atoms with Gasteiger partial charge < -0.3 is 4.42 Å². The van der Waals surface area contributed by atoms with Gasteiger partial charge in [0.2, 0.25) is 0 Å². The van der Waals surface area contributed by atoms with Crippen LogP contribution in [-0.4, -0.2) is 9.97 Å². The number of aromatic nitrogens is 2. The summed E-state index contributed by atoms with van der Waals surface area (Å²) < 4.78 is 6.58. The first-order valence-electron chi connectivity index (χ1n) is 17.3. The molecule has 8 aromatic carbocycles. The minimum Gasteiger partial charge on any atom is -0.455 e. The van der Waals surface area contributed by atoms with E-state index in [0.29, 0.717) is 0 Å². The van der Waals surface area contributed by atoms with Gasteiger partial charge in [-0.2, -0.15) is 0 Å². The average Bonchev–Trinajstić information content (AvgIpc) is 3.59. The molecule has 0 fully saturated rings. The maximum Gasteiger partial charge on any atom is 0.144 e. The second kappa shape index (κ2) is 10.8. The molecule has 11 rings (SSSR count). The van der Waals surface area contributed by atoms with Gasteiger partial charge >= 0.3 is 0 Å². The first-order valence-corrected chi connectivity index (χ1v) is 17.3. The van der Waals surface area contributed by atoms with E-state index in [-0.39, 0.29) is 0 Å². The van der Waals surface area contributed by atoms with Crippen LogP contribution in [0.5, 0.6) is 0 Å². The third kappa shape index (κ3) is 4.32. The highest BCUT2D eigenvalue weighted by Gasteiger charge is 2.18. The van der Waals surface area contributed by atoms with Crippen molar-refractivity contribution in [3.8, 4) is 33.5 Å². The van der Waals surface area contributed by atoms with Gasteiger partial charge in [0.25, 0.3) is 0 Å². The zero-order valence-corrected chi connectivity index (χ0v) is 27.5. The summed E-state index contributed by atoms with van der Waals surface area (Å²) in [5.74, 6) is 0. The summed E-state index contributed by atoms with van der Waals surface area (Å²) >= 11 is 0. The molecule has 0 saturated heterocycles. The molecular weight excluding hydrogens is 621 g/mol. The fourth-order valence-electron chi connectivity index (χ4n) is 7.96. The van der Waals surface area contributed by atoms with Crippen LogP contribution >= 0.6 is 0 Å². The van der Waals surface area contributed by atoms with Gasteiger partial charge in [-0.15, -0.1) is 0 Å². The van der Waals surface area contributed by atoms with E-state index < -0.39 is 0 Å². The third-order valence-corrected chi connectivity index (χ3v) is 10.4. The molecular formula is C48H28N2O. The smallest absolute Gasteiger partial charge is 0.144 e. The highest BCUT2D eigenvalue weighted by molar-refractivity contribution is 6.25. The monoisotopic (exact) mass is 648 g/mol. The van der Waals surface area contributed by atoms with Crippen molar-refractivity contribution in [1.29, 1.82) is 0 Å². The Morgan fingerprint density at radius 3 is 1.94 bits per heavy atom. The van der Waals surface area contributed by atoms with Gasteiger partial charge in [0, 0.05) is 48.7 Å². The van der Waals surface area contributed by atoms with Crippen molar-refractivity contribution >= 4 is 76.2 Å². The molecule has 0 N–H and O–H groups in total. The molecule has 0 bridgehead atoms. The summed E-state index contributed by atoms with van der Waals surface area (Å²) in [6.07, 6.45) is 0. The first kappa shape index (κ1) is 28.0. The molecule has 0 aliphatic carbocycles. The molecule has 0 aliphatic heterocycles.